The predicted octanol–water partition coefficient (Wildman–Crippen LogP) is 3.04. The van der Waals surface area contributed by atoms with Gasteiger partial charge >= 0.3 is 0 Å². The van der Waals surface area contributed by atoms with Crippen molar-refractivity contribution in [3.63, 3.8) is 0 Å². The van der Waals surface area contributed by atoms with Crippen molar-refractivity contribution in [1.82, 2.24) is 0 Å². The van der Waals surface area contributed by atoms with Gasteiger partial charge in [0.05, 0.1) is 11.0 Å². The highest BCUT2D eigenvalue weighted by atomic mass is 127. The first-order chi connectivity index (χ1) is 8.04. The third kappa shape index (κ3) is 4.47. The zero-order valence-corrected chi connectivity index (χ0v) is 11.9. The SMILES string of the molecule is CCOC(C)CNc1ccc([N+](=O)[O-])cc1I. The summed E-state index contributed by atoms with van der Waals surface area (Å²) in [5.74, 6) is 0. The van der Waals surface area contributed by atoms with Crippen LogP contribution in [0, 0.1) is 13.7 Å². The number of ether oxygens (including phenoxy) is 1. The second-order valence-corrected chi connectivity index (χ2v) is 4.73. The van der Waals surface area contributed by atoms with E-state index < -0.39 is 4.92 Å². The fraction of sp³-hybridized carbons (Fsp3) is 0.455. The molecule has 0 radical (unpaired) electrons. The maximum atomic E-state index is 10.6. The molecule has 1 aromatic rings. The van der Waals surface area contributed by atoms with Crippen LogP contribution in [0.25, 0.3) is 0 Å². The molecular formula is C11H15IN2O3. The number of non-ortho nitro benzene ring substituents is 1. The minimum Gasteiger partial charge on any atom is -0.382 e. The Morgan fingerprint density at radius 2 is 2.29 bits per heavy atom. The van der Waals surface area contributed by atoms with Gasteiger partial charge in [-0.15, -0.1) is 0 Å². The van der Waals surface area contributed by atoms with Crippen LogP contribution in [-0.2, 0) is 4.74 Å². The van der Waals surface area contributed by atoms with Crippen LogP contribution in [0.2, 0.25) is 0 Å². The molecule has 0 fully saturated rings. The van der Waals surface area contributed by atoms with E-state index in [1.807, 2.05) is 13.8 Å². The molecule has 0 amide bonds. The number of halogens is 1. The fourth-order valence-electron chi connectivity index (χ4n) is 1.36. The molecule has 5 nitrogen and oxygen atoms in total. The van der Waals surface area contributed by atoms with Crippen LogP contribution < -0.4 is 5.32 Å². The van der Waals surface area contributed by atoms with Crippen LogP contribution in [-0.4, -0.2) is 24.2 Å². The molecule has 0 bridgehead atoms. The number of nitrogens with zero attached hydrogens (tertiary/aromatic N) is 1. The highest BCUT2D eigenvalue weighted by molar-refractivity contribution is 14.1. The molecule has 0 spiro atoms. The first-order valence-electron chi connectivity index (χ1n) is 5.34. The van der Waals surface area contributed by atoms with Gasteiger partial charge in [0.2, 0.25) is 0 Å². The van der Waals surface area contributed by atoms with Gasteiger partial charge in [-0.25, -0.2) is 0 Å². The molecule has 1 unspecified atom stereocenters. The third-order valence-corrected chi connectivity index (χ3v) is 3.09. The van der Waals surface area contributed by atoms with Crippen LogP contribution in [0.3, 0.4) is 0 Å². The molecule has 1 aromatic carbocycles. The number of anilines is 1. The van der Waals surface area contributed by atoms with Crippen molar-refractivity contribution in [2.75, 3.05) is 18.5 Å². The van der Waals surface area contributed by atoms with Gasteiger partial charge in [0.25, 0.3) is 5.69 Å². The number of benzene rings is 1. The van der Waals surface area contributed by atoms with Gasteiger partial charge in [0.15, 0.2) is 0 Å². The molecular weight excluding hydrogens is 335 g/mol. The molecule has 17 heavy (non-hydrogen) atoms. The van der Waals surface area contributed by atoms with Crippen LogP contribution >= 0.6 is 22.6 Å². The molecule has 0 heterocycles. The number of nitro groups is 1. The first kappa shape index (κ1) is 14.2. The highest BCUT2D eigenvalue weighted by Crippen LogP contribution is 2.23. The van der Waals surface area contributed by atoms with Crippen molar-refractivity contribution >= 4 is 34.0 Å². The average molecular weight is 350 g/mol. The van der Waals surface area contributed by atoms with Crippen LogP contribution in [0.15, 0.2) is 18.2 Å². The minimum absolute atomic E-state index is 0.109. The van der Waals surface area contributed by atoms with Gasteiger partial charge in [-0.1, -0.05) is 0 Å². The number of hydrogen-bond donors (Lipinski definition) is 1. The van der Waals surface area contributed by atoms with E-state index in [0.29, 0.717) is 13.2 Å². The van der Waals surface area contributed by atoms with Gasteiger partial charge in [0.1, 0.15) is 0 Å². The Labute approximate surface area is 114 Å². The average Bonchev–Trinajstić information content (AvgIpc) is 2.27. The molecule has 0 aliphatic rings. The Bertz CT molecular complexity index is 398. The summed E-state index contributed by atoms with van der Waals surface area (Å²) in [6, 6.07) is 4.77. The Hall–Kier alpha value is -0.890. The molecule has 1 N–H and O–H groups in total. The maximum absolute atomic E-state index is 10.6. The van der Waals surface area contributed by atoms with Crippen molar-refractivity contribution in [2.45, 2.75) is 20.0 Å². The fourth-order valence-corrected chi connectivity index (χ4v) is 2.05. The summed E-state index contributed by atoms with van der Waals surface area (Å²) < 4.78 is 6.23. The van der Waals surface area contributed by atoms with E-state index in [1.54, 1.807) is 12.1 Å². The summed E-state index contributed by atoms with van der Waals surface area (Å²) in [7, 11) is 0. The highest BCUT2D eigenvalue weighted by Gasteiger charge is 2.09. The second kappa shape index (κ2) is 6.75. The van der Waals surface area contributed by atoms with Crippen molar-refractivity contribution in [3.8, 4) is 0 Å². The van der Waals surface area contributed by atoms with Gasteiger partial charge < -0.3 is 10.1 Å². The second-order valence-electron chi connectivity index (χ2n) is 3.57. The summed E-state index contributed by atoms with van der Waals surface area (Å²) in [5, 5.41) is 13.8. The van der Waals surface area contributed by atoms with Crippen LogP contribution in [0.1, 0.15) is 13.8 Å². The van der Waals surface area contributed by atoms with Crippen molar-refractivity contribution < 1.29 is 9.66 Å². The zero-order valence-electron chi connectivity index (χ0n) is 9.77. The van der Waals surface area contributed by atoms with Crippen molar-refractivity contribution in [3.05, 3.63) is 31.9 Å². The molecule has 0 saturated carbocycles. The van der Waals surface area contributed by atoms with E-state index in [2.05, 4.69) is 27.9 Å². The number of nitrogens with one attached hydrogen (secondary N) is 1. The normalized spacial score (nSPS) is 12.2. The lowest BCUT2D eigenvalue weighted by Gasteiger charge is -2.14. The maximum Gasteiger partial charge on any atom is 0.270 e. The molecule has 0 saturated heterocycles. The smallest absolute Gasteiger partial charge is 0.270 e. The van der Waals surface area contributed by atoms with Gasteiger partial charge in [-0.2, -0.15) is 0 Å². The van der Waals surface area contributed by atoms with Gasteiger partial charge in [0, 0.05) is 34.5 Å². The van der Waals surface area contributed by atoms with E-state index in [-0.39, 0.29) is 11.8 Å². The number of nitro benzene ring substituents is 1. The van der Waals surface area contributed by atoms with Crippen molar-refractivity contribution in [2.24, 2.45) is 0 Å². The molecule has 1 atom stereocenters. The molecule has 6 heteroatoms. The minimum atomic E-state index is -0.394. The van der Waals surface area contributed by atoms with Crippen molar-refractivity contribution in [1.29, 1.82) is 0 Å². The molecule has 0 aliphatic carbocycles. The lowest BCUT2D eigenvalue weighted by atomic mass is 10.2. The van der Waals surface area contributed by atoms with Gasteiger partial charge in [-0.3, -0.25) is 10.1 Å². The Morgan fingerprint density at radius 3 is 2.82 bits per heavy atom. The number of hydrogen-bond acceptors (Lipinski definition) is 4. The summed E-state index contributed by atoms with van der Waals surface area (Å²) in [6.07, 6.45) is 0.117. The van der Waals surface area contributed by atoms with E-state index >= 15 is 0 Å². The predicted molar refractivity (Wildman–Crippen MR) is 75.4 cm³/mol. The Kier molecular flexibility index (Phi) is 5.63. The van der Waals surface area contributed by atoms with E-state index in [9.17, 15) is 10.1 Å². The Morgan fingerprint density at radius 1 is 1.59 bits per heavy atom. The summed E-state index contributed by atoms with van der Waals surface area (Å²) >= 11 is 2.08. The van der Waals surface area contributed by atoms with Crippen LogP contribution in [0.5, 0.6) is 0 Å². The van der Waals surface area contributed by atoms with E-state index in [1.165, 1.54) is 6.07 Å². The molecule has 94 valence electrons. The molecule has 1 rings (SSSR count). The monoisotopic (exact) mass is 350 g/mol. The summed E-state index contributed by atoms with van der Waals surface area (Å²) in [4.78, 5) is 10.2. The quantitative estimate of drug-likeness (QED) is 0.487. The van der Waals surface area contributed by atoms with E-state index in [4.69, 9.17) is 4.74 Å². The standard InChI is InChI=1S/C11H15IN2O3/c1-3-17-8(2)7-13-11-5-4-9(14(15)16)6-10(11)12/h4-6,8,13H,3,7H2,1-2H3. The summed E-state index contributed by atoms with van der Waals surface area (Å²) in [5.41, 5.74) is 1.00. The number of rotatable bonds is 6. The van der Waals surface area contributed by atoms with Crippen LogP contribution in [0.4, 0.5) is 11.4 Å². The zero-order chi connectivity index (χ0) is 12.8. The Balaban J connectivity index is 2.63. The topological polar surface area (TPSA) is 64.4 Å². The lowest BCUT2D eigenvalue weighted by molar-refractivity contribution is -0.384. The van der Waals surface area contributed by atoms with E-state index in [0.717, 1.165) is 9.26 Å². The molecule has 0 aliphatic heterocycles. The largest absolute Gasteiger partial charge is 0.382 e. The third-order valence-electron chi connectivity index (χ3n) is 2.19. The molecule has 0 aromatic heterocycles. The summed E-state index contributed by atoms with van der Waals surface area (Å²) in [6.45, 7) is 5.29. The lowest BCUT2D eigenvalue weighted by Crippen LogP contribution is -2.20. The first-order valence-corrected chi connectivity index (χ1v) is 6.42. The van der Waals surface area contributed by atoms with Gasteiger partial charge in [-0.05, 0) is 42.5 Å².